The number of likely N-dealkylation sites (tertiary alicyclic amines) is 1. The average molecular weight is 251 g/mol. The Bertz CT molecular complexity index is 294. The van der Waals surface area contributed by atoms with E-state index >= 15 is 0 Å². The van der Waals surface area contributed by atoms with E-state index < -0.39 is 0 Å². The minimum absolute atomic E-state index is 0.425. The largest absolute Gasteiger partial charge is 0.358 e. The van der Waals surface area contributed by atoms with Gasteiger partial charge in [-0.1, -0.05) is 0 Å². The zero-order valence-electron chi connectivity index (χ0n) is 11.2. The molecule has 102 valence electrons. The summed E-state index contributed by atoms with van der Waals surface area (Å²) >= 11 is 0. The van der Waals surface area contributed by atoms with Crippen LogP contribution >= 0.6 is 0 Å². The van der Waals surface area contributed by atoms with Gasteiger partial charge in [-0.3, -0.25) is 4.90 Å². The molecule has 0 aliphatic carbocycles. The van der Waals surface area contributed by atoms with E-state index in [0.29, 0.717) is 17.7 Å². The highest BCUT2D eigenvalue weighted by atomic mass is 16.5. The molecule has 1 spiro atoms. The van der Waals surface area contributed by atoms with Crippen molar-refractivity contribution in [2.24, 2.45) is 11.3 Å². The third-order valence-electron chi connectivity index (χ3n) is 5.71. The van der Waals surface area contributed by atoms with Crippen molar-refractivity contribution >= 4 is 0 Å². The van der Waals surface area contributed by atoms with Gasteiger partial charge in [-0.25, -0.2) is 0 Å². The molecule has 0 aromatic heterocycles. The molecule has 3 atom stereocenters. The van der Waals surface area contributed by atoms with E-state index in [0.717, 1.165) is 12.5 Å². The molecular weight excluding hydrogens is 226 g/mol. The van der Waals surface area contributed by atoms with Gasteiger partial charge in [0.1, 0.15) is 6.23 Å². The Hall–Kier alpha value is -0.160. The molecular formula is C14H25N3O. The van der Waals surface area contributed by atoms with Crippen molar-refractivity contribution in [1.82, 2.24) is 15.5 Å². The van der Waals surface area contributed by atoms with Crippen LogP contribution in [0.1, 0.15) is 25.7 Å². The summed E-state index contributed by atoms with van der Waals surface area (Å²) in [6.45, 7) is 7.22. The first-order valence-electron chi connectivity index (χ1n) is 7.66. The van der Waals surface area contributed by atoms with Gasteiger partial charge >= 0.3 is 0 Å². The summed E-state index contributed by atoms with van der Waals surface area (Å²) in [5.41, 5.74) is 0.631. The Balaban J connectivity index is 1.35. The lowest BCUT2D eigenvalue weighted by atomic mass is 9.77. The number of piperidine rings is 1. The molecule has 0 amide bonds. The lowest BCUT2D eigenvalue weighted by molar-refractivity contribution is -0.0720. The molecule has 4 heteroatoms. The van der Waals surface area contributed by atoms with Crippen molar-refractivity contribution in [2.75, 3.05) is 39.3 Å². The second-order valence-corrected chi connectivity index (χ2v) is 6.75. The fourth-order valence-corrected chi connectivity index (χ4v) is 4.36. The van der Waals surface area contributed by atoms with Gasteiger partial charge in [-0.15, -0.1) is 0 Å². The van der Waals surface area contributed by atoms with Crippen molar-refractivity contribution in [3.8, 4) is 0 Å². The number of fused-ring (bicyclic) bond motifs is 1. The standard InChI is InChI=1S/C14H25N3O/c1-4-15-10-14(1)2-5-17(6-3-14)13-7-11-8-16-9-12(11)18-13/h11-13,15-16H,1-10H2. The van der Waals surface area contributed by atoms with Crippen molar-refractivity contribution in [2.45, 2.75) is 38.0 Å². The molecule has 3 unspecified atom stereocenters. The van der Waals surface area contributed by atoms with Gasteiger partial charge in [0, 0.05) is 38.6 Å². The molecule has 4 heterocycles. The zero-order valence-corrected chi connectivity index (χ0v) is 11.2. The van der Waals surface area contributed by atoms with Crippen molar-refractivity contribution in [1.29, 1.82) is 0 Å². The summed E-state index contributed by atoms with van der Waals surface area (Å²) in [6, 6.07) is 0. The summed E-state index contributed by atoms with van der Waals surface area (Å²) in [7, 11) is 0. The van der Waals surface area contributed by atoms with Crippen LogP contribution in [0.3, 0.4) is 0 Å². The third-order valence-corrected chi connectivity index (χ3v) is 5.71. The van der Waals surface area contributed by atoms with Crippen LogP contribution in [-0.2, 0) is 4.74 Å². The topological polar surface area (TPSA) is 36.5 Å². The number of hydrogen-bond donors (Lipinski definition) is 2. The molecule has 2 N–H and O–H groups in total. The molecule has 0 radical (unpaired) electrons. The Morgan fingerprint density at radius 2 is 1.94 bits per heavy atom. The van der Waals surface area contributed by atoms with Crippen molar-refractivity contribution in [3.05, 3.63) is 0 Å². The van der Waals surface area contributed by atoms with E-state index in [-0.39, 0.29) is 0 Å². The van der Waals surface area contributed by atoms with Gasteiger partial charge in [0.15, 0.2) is 0 Å². The lowest BCUT2D eigenvalue weighted by Gasteiger charge is -2.41. The normalized spacial score (nSPS) is 43.7. The first-order valence-corrected chi connectivity index (χ1v) is 7.66. The fourth-order valence-electron chi connectivity index (χ4n) is 4.36. The summed E-state index contributed by atoms with van der Waals surface area (Å²) < 4.78 is 6.22. The summed E-state index contributed by atoms with van der Waals surface area (Å²) in [5.74, 6) is 0.777. The maximum Gasteiger partial charge on any atom is 0.111 e. The summed E-state index contributed by atoms with van der Waals surface area (Å²) in [4.78, 5) is 2.61. The zero-order chi connectivity index (χ0) is 12.0. The molecule has 4 aliphatic heterocycles. The van der Waals surface area contributed by atoms with Crippen molar-refractivity contribution in [3.63, 3.8) is 0 Å². The lowest BCUT2D eigenvalue weighted by Crippen LogP contribution is -2.46. The molecule has 4 aliphatic rings. The maximum absolute atomic E-state index is 6.22. The quantitative estimate of drug-likeness (QED) is 0.707. The number of nitrogens with zero attached hydrogens (tertiary/aromatic N) is 1. The average Bonchev–Trinajstić information content (AvgIpc) is 3.05. The molecule has 18 heavy (non-hydrogen) atoms. The highest BCUT2D eigenvalue weighted by molar-refractivity contribution is 4.95. The van der Waals surface area contributed by atoms with Crippen LogP contribution in [0.25, 0.3) is 0 Å². The van der Waals surface area contributed by atoms with Gasteiger partial charge in [0.2, 0.25) is 0 Å². The summed E-state index contributed by atoms with van der Waals surface area (Å²) in [6.07, 6.45) is 6.30. The van der Waals surface area contributed by atoms with E-state index in [1.54, 1.807) is 0 Å². The number of rotatable bonds is 1. The maximum atomic E-state index is 6.22. The highest BCUT2D eigenvalue weighted by Gasteiger charge is 2.44. The predicted molar refractivity (Wildman–Crippen MR) is 70.4 cm³/mol. The number of nitrogens with one attached hydrogen (secondary N) is 2. The van der Waals surface area contributed by atoms with Crippen molar-refractivity contribution < 1.29 is 4.74 Å². The second kappa shape index (κ2) is 4.44. The predicted octanol–water partition coefficient (Wildman–Crippen LogP) is 0.396. The SMILES string of the molecule is C1CC2(CCN(C3CC4CNCC4O3)CC2)CN1. The molecule has 4 rings (SSSR count). The summed E-state index contributed by atoms with van der Waals surface area (Å²) in [5, 5.41) is 6.98. The van der Waals surface area contributed by atoms with Gasteiger partial charge in [0.25, 0.3) is 0 Å². The smallest absolute Gasteiger partial charge is 0.111 e. The van der Waals surface area contributed by atoms with E-state index in [1.165, 1.54) is 58.4 Å². The Morgan fingerprint density at radius 1 is 1.06 bits per heavy atom. The van der Waals surface area contributed by atoms with Crippen LogP contribution in [0, 0.1) is 11.3 Å². The first-order chi connectivity index (χ1) is 8.85. The highest BCUT2D eigenvalue weighted by Crippen LogP contribution is 2.39. The third kappa shape index (κ3) is 1.90. The van der Waals surface area contributed by atoms with E-state index in [2.05, 4.69) is 15.5 Å². The Kier molecular flexibility index (Phi) is 2.87. The van der Waals surface area contributed by atoms with Gasteiger partial charge in [0.05, 0.1) is 6.10 Å². The van der Waals surface area contributed by atoms with Crippen LogP contribution in [-0.4, -0.2) is 56.5 Å². The Morgan fingerprint density at radius 3 is 2.67 bits per heavy atom. The Labute approximate surface area is 109 Å². The molecule has 4 saturated heterocycles. The minimum atomic E-state index is 0.425. The van der Waals surface area contributed by atoms with Gasteiger partial charge < -0.3 is 15.4 Å². The molecule has 4 fully saturated rings. The van der Waals surface area contributed by atoms with Gasteiger partial charge in [-0.2, -0.15) is 0 Å². The second-order valence-electron chi connectivity index (χ2n) is 6.75. The van der Waals surface area contributed by atoms with Crippen LogP contribution in [0.5, 0.6) is 0 Å². The molecule has 0 bridgehead atoms. The van der Waals surface area contributed by atoms with Gasteiger partial charge in [-0.05, 0) is 37.6 Å². The van der Waals surface area contributed by atoms with Crippen LogP contribution in [0.2, 0.25) is 0 Å². The first kappa shape index (κ1) is 11.6. The number of ether oxygens (including phenoxy) is 1. The fraction of sp³-hybridized carbons (Fsp3) is 1.00. The van der Waals surface area contributed by atoms with Crippen LogP contribution in [0.4, 0.5) is 0 Å². The van der Waals surface area contributed by atoms with E-state index in [9.17, 15) is 0 Å². The van der Waals surface area contributed by atoms with Crippen LogP contribution in [0.15, 0.2) is 0 Å². The van der Waals surface area contributed by atoms with E-state index in [4.69, 9.17) is 4.74 Å². The minimum Gasteiger partial charge on any atom is -0.358 e. The molecule has 4 nitrogen and oxygen atoms in total. The number of hydrogen-bond acceptors (Lipinski definition) is 4. The van der Waals surface area contributed by atoms with Crippen LogP contribution < -0.4 is 10.6 Å². The molecule has 0 saturated carbocycles. The monoisotopic (exact) mass is 251 g/mol. The molecule has 0 aromatic carbocycles. The van der Waals surface area contributed by atoms with E-state index in [1.807, 2.05) is 0 Å². The molecule has 0 aromatic rings.